The molecule has 0 bridgehead atoms. The summed E-state index contributed by atoms with van der Waals surface area (Å²) in [5.74, 6) is 0.347. The smallest absolute Gasteiger partial charge is 0.225 e. The van der Waals surface area contributed by atoms with E-state index < -0.39 is 0 Å². The fourth-order valence-corrected chi connectivity index (χ4v) is 3.08. The van der Waals surface area contributed by atoms with Gasteiger partial charge in [-0.05, 0) is 25.7 Å². The van der Waals surface area contributed by atoms with Crippen molar-refractivity contribution in [1.82, 2.24) is 10.2 Å². The molecule has 0 saturated carbocycles. The Kier molecular flexibility index (Phi) is 8.35. The van der Waals surface area contributed by atoms with Crippen molar-refractivity contribution in [3.05, 3.63) is 0 Å². The van der Waals surface area contributed by atoms with Gasteiger partial charge in [0.2, 0.25) is 11.8 Å². The van der Waals surface area contributed by atoms with Gasteiger partial charge in [-0.15, -0.1) is 0 Å². The number of piperidine rings is 1. The molecule has 5 heteroatoms. The molecule has 5 nitrogen and oxygen atoms in total. The molecular formula is C16H31N3O2. The van der Waals surface area contributed by atoms with Crippen LogP contribution in [0.3, 0.4) is 0 Å². The average Bonchev–Trinajstić information content (AvgIpc) is 2.51. The number of rotatable bonds is 8. The molecule has 1 rings (SSSR count). The normalized spacial score (nSPS) is 18.9. The molecule has 1 saturated heterocycles. The summed E-state index contributed by atoms with van der Waals surface area (Å²) in [6.07, 6.45) is 5.75. The molecule has 0 aromatic rings. The first-order valence-corrected chi connectivity index (χ1v) is 8.40. The van der Waals surface area contributed by atoms with Gasteiger partial charge in [-0.25, -0.2) is 0 Å². The van der Waals surface area contributed by atoms with E-state index in [9.17, 15) is 9.59 Å². The molecule has 1 aliphatic rings. The minimum atomic E-state index is -0.0712. The summed E-state index contributed by atoms with van der Waals surface area (Å²) in [6.45, 7) is 6.57. The molecule has 21 heavy (non-hydrogen) atoms. The van der Waals surface area contributed by atoms with Gasteiger partial charge in [-0.3, -0.25) is 9.59 Å². The largest absolute Gasteiger partial charge is 0.355 e. The summed E-state index contributed by atoms with van der Waals surface area (Å²) < 4.78 is 0. The summed E-state index contributed by atoms with van der Waals surface area (Å²) in [5, 5.41) is 2.84. The van der Waals surface area contributed by atoms with Gasteiger partial charge in [-0.2, -0.15) is 0 Å². The van der Waals surface area contributed by atoms with Crippen LogP contribution in [0.4, 0.5) is 0 Å². The molecule has 1 atom stereocenters. The van der Waals surface area contributed by atoms with Gasteiger partial charge in [-0.1, -0.05) is 26.7 Å². The number of nitrogens with zero attached hydrogens (tertiary/aromatic N) is 1. The van der Waals surface area contributed by atoms with E-state index in [-0.39, 0.29) is 23.7 Å². The van der Waals surface area contributed by atoms with Crippen LogP contribution >= 0.6 is 0 Å². The number of hydrogen-bond acceptors (Lipinski definition) is 3. The number of carbonyl (C=O) groups is 2. The molecular weight excluding hydrogens is 266 g/mol. The van der Waals surface area contributed by atoms with Crippen molar-refractivity contribution in [1.29, 1.82) is 0 Å². The fourth-order valence-electron chi connectivity index (χ4n) is 3.08. The Labute approximate surface area is 128 Å². The highest BCUT2D eigenvalue weighted by Gasteiger charge is 2.30. The third kappa shape index (κ3) is 5.65. The van der Waals surface area contributed by atoms with Gasteiger partial charge in [0.15, 0.2) is 0 Å². The van der Waals surface area contributed by atoms with Crippen LogP contribution < -0.4 is 11.1 Å². The molecule has 122 valence electrons. The molecule has 1 aliphatic heterocycles. The van der Waals surface area contributed by atoms with Crippen LogP contribution in [0.25, 0.3) is 0 Å². The van der Waals surface area contributed by atoms with Gasteiger partial charge in [0.1, 0.15) is 0 Å². The summed E-state index contributed by atoms with van der Waals surface area (Å²) in [4.78, 5) is 26.6. The highest BCUT2D eigenvalue weighted by Crippen LogP contribution is 2.22. The molecule has 0 aliphatic carbocycles. The van der Waals surface area contributed by atoms with Gasteiger partial charge in [0.25, 0.3) is 0 Å². The van der Waals surface area contributed by atoms with E-state index in [0.717, 1.165) is 45.1 Å². The van der Waals surface area contributed by atoms with E-state index in [0.29, 0.717) is 19.6 Å². The maximum atomic E-state index is 12.6. The lowest BCUT2D eigenvalue weighted by atomic mass is 9.92. The first-order chi connectivity index (χ1) is 10.1. The Morgan fingerprint density at radius 3 is 2.52 bits per heavy atom. The van der Waals surface area contributed by atoms with Crippen LogP contribution in [-0.2, 0) is 9.59 Å². The molecule has 0 spiro atoms. The maximum absolute atomic E-state index is 12.6. The van der Waals surface area contributed by atoms with E-state index in [2.05, 4.69) is 19.2 Å². The van der Waals surface area contributed by atoms with E-state index in [1.807, 2.05) is 4.90 Å². The standard InChI is InChI=1S/C16H31N3O2/c1-3-6-13(7-4-2)16(21)19-11-5-8-14(12-19)15(20)18-10-9-17/h13-14H,3-12,17H2,1-2H3,(H,18,20). The van der Waals surface area contributed by atoms with E-state index >= 15 is 0 Å². The van der Waals surface area contributed by atoms with Crippen LogP contribution in [0.15, 0.2) is 0 Å². The Balaban J connectivity index is 2.57. The molecule has 0 aromatic carbocycles. The second-order valence-electron chi connectivity index (χ2n) is 5.98. The van der Waals surface area contributed by atoms with Crippen molar-refractivity contribution in [2.45, 2.75) is 52.4 Å². The van der Waals surface area contributed by atoms with E-state index in [1.54, 1.807) is 0 Å². The summed E-state index contributed by atoms with van der Waals surface area (Å²) in [5.41, 5.74) is 5.41. The monoisotopic (exact) mass is 297 g/mol. The summed E-state index contributed by atoms with van der Waals surface area (Å²) in [6, 6.07) is 0. The highest BCUT2D eigenvalue weighted by molar-refractivity contribution is 5.82. The Bertz CT molecular complexity index is 327. The first-order valence-electron chi connectivity index (χ1n) is 8.40. The van der Waals surface area contributed by atoms with Crippen molar-refractivity contribution in [3.8, 4) is 0 Å². The second-order valence-corrected chi connectivity index (χ2v) is 5.98. The minimum absolute atomic E-state index is 0.0421. The van der Waals surface area contributed by atoms with Crippen LogP contribution in [0.5, 0.6) is 0 Å². The Morgan fingerprint density at radius 2 is 1.95 bits per heavy atom. The topological polar surface area (TPSA) is 75.4 Å². The summed E-state index contributed by atoms with van der Waals surface area (Å²) >= 11 is 0. The van der Waals surface area contributed by atoms with Crippen LogP contribution in [-0.4, -0.2) is 42.9 Å². The lowest BCUT2D eigenvalue weighted by molar-refractivity contribution is -0.139. The van der Waals surface area contributed by atoms with Crippen molar-refractivity contribution in [2.75, 3.05) is 26.2 Å². The van der Waals surface area contributed by atoms with Crippen LogP contribution in [0, 0.1) is 11.8 Å². The lowest BCUT2D eigenvalue weighted by Crippen LogP contribution is -2.47. The number of nitrogens with two attached hydrogens (primary N) is 1. The molecule has 2 amide bonds. The Hall–Kier alpha value is -1.10. The fraction of sp³-hybridized carbons (Fsp3) is 0.875. The maximum Gasteiger partial charge on any atom is 0.225 e. The zero-order valence-electron chi connectivity index (χ0n) is 13.6. The Morgan fingerprint density at radius 1 is 1.29 bits per heavy atom. The van der Waals surface area contributed by atoms with Crippen molar-refractivity contribution < 1.29 is 9.59 Å². The predicted octanol–water partition coefficient (Wildman–Crippen LogP) is 1.52. The minimum Gasteiger partial charge on any atom is -0.355 e. The predicted molar refractivity (Wildman–Crippen MR) is 84.7 cm³/mol. The lowest BCUT2D eigenvalue weighted by Gasteiger charge is -2.34. The molecule has 3 N–H and O–H groups in total. The number of carbonyl (C=O) groups excluding carboxylic acids is 2. The van der Waals surface area contributed by atoms with Crippen LogP contribution in [0.1, 0.15) is 52.4 Å². The van der Waals surface area contributed by atoms with Crippen LogP contribution in [0.2, 0.25) is 0 Å². The molecule has 0 aromatic heterocycles. The highest BCUT2D eigenvalue weighted by atomic mass is 16.2. The quantitative estimate of drug-likeness (QED) is 0.713. The van der Waals surface area contributed by atoms with Crippen molar-refractivity contribution in [2.24, 2.45) is 17.6 Å². The molecule has 1 fully saturated rings. The molecule has 1 heterocycles. The third-order valence-corrected chi connectivity index (χ3v) is 4.17. The van der Waals surface area contributed by atoms with Gasteiger partial charge in [0.05, 0.1) is 5.92 Å². The second kappa shape index (κ2) is 9.77. The molecule has 0 radical (unpaired) electrons. The van der Waals surface area contributed by atoms with E-state index in [1.165, 1.54) is 0 Å². The SMILES string of the molecule is CCCC(CCC)C(=O)N1CCCC(C(=O)NCCN)C1. The van der Waals surface area contributed by atoms with Gasteiger partial charge >= 0.3 is 0 Å². The number of likely N-dealkylation sites (tertiary alicyclic amines) is 1. The number of nitrogens with one attached hydrogen (secondary N) is 1. The first kappa shape index (κ1) is 18.0. The zero-order valence-corrected chi connectivity index (χ0v) is 13.6. The van der Waals surface area contributed by atoms with Crippen molar-refractivity contribution >= 4 is 11.8 Å². The summed E-state index contributed by atoms with van der Waals surface area (Å²) in [7, 11) is 0. The van der Waals surface area contributed by atoms with Gasteiger partial charge < -0.3 is 16.0 Å². The third-order valence-electron chi connectivity index (χ3n) is 4.17. The average molecular weight is 297 g/mol. The zero-order chi connectivity index (χ0) is 15.7. The number of hydrogen-bond donors (Lipinski definition) is 2. The molecule has 1 unspecified atom stereocenters. The van der Waals surface area contributed by atoms with Crippen molar-refractivity contribution in [3.63, 3.8) is 0 Å². The number of amides is 2. The van der Waals surface area contributed by atoms with Gasteiger partial charge in [0, 0.05) is 32.1 Å². The van der Waals surface area contributed by atoms with E-state index in [4.69, 9.17) is 5.73 Å².